The molecule has 10 aromatic carbocycles. The molecular weight excluding hydrogens is 857 g/mol. The molecule has 1 aliphatic heterocycles. The number of rotatable bonds is 5. The highest BCUT2D eigenvalue weighted by molar-refractivity contribution is 6.24. The highest BCUT2D eigenvalue weighted by atomic mass is 16.5. The van der Waals surface area contributed by atoms with Gasteiger partial charge in [-0.25, -0.2) is 15.0 Å². The standard InChI is InChI=1S/C64H38N4O2/c1-4-17-39(18-5-1)61-65-62(40-19-6-2-7-20-40)67-63(66-61)42-32-34-46-45-33-31-41(37-52(45)64(53(46)38-42)50-25-11-14-29-56(50)69-57-30-15-12-26-51(57)64)44-24-16-27-54-58(44)49-36-35-48-47-23-10-13-28-55(47)70-60(48)59(49)68(54)43-21-8-3-9-22-43/h1-38H. The second-order valence-corrected chi connectivity index (χ2v) is 18.2. The number of hydrogen-bond donors (Lipinski definition) is 0. The zero-order valence-electron chi connectivity index (χ0n) is 37.5. The summed E-state index contributed by atoms with van der Waals surface area (Å²) in [5.41, 5.74) is 16.1. The molecule has 0 fully saturated rings. The van der Waals surface area contributed by atoms with Crippen LogP contribution in [0.2, 0.25) is 0 Å². The van der Waals surface area contributed by atoms with Gasteiger partial charge in [-0.2, -0.15) is 0 Å². The van der Waals surface area contributed by atoms with Gasteiger partial charge in [0.15, 0.2) is 23.1 Å². The summed E-state index contributed by atoms with van der Waals surface area (Å²) >= 11 is 0. The van der Waals surface area contributed by atoms with Gasteiger partial charge in [-0.1, -0.05) is 176 Å². The van der Waals surface area contributed by atoms with Crippen molar-refractivity contribution in [3.63, 3.8) is 0 Å². The molecule has 1 aliphatic carbocycles. The zero-order valence-corrected chi connectivity index (χ0v) is 37.5. The molecule has 0 atom stereocenters. The number of para-hydroxylation sites is 4. The molecule has 13 aromatic rings. The first-order chi connectivity index (χ1) is 34.7. The van der Waals surface area contributed by atoms with Gasteiger partial charge in [0.2, 0.25) is 0 Å². The molecule has 15 rings (SSSR count). The van der Waals surface area contributed by atoms with E-state index in [0.717, 1.165) is 106 Å². The van der Waals surface area contributed by atoms with Gasteiger partial charge in [-0.05, 0) is 88.0 Å². The zero-order chi connectivity index (χ0) is 45.9. The van der Waals surface area contributed by atoms with Gasteiger partial charge in [0.05, 0.1) is 16.4 Å². The lowest BCUT2D eigenvalue weighted by Gasteiger charge is -2.39. The minimum atomic E-state index is -0.758. The topological polar surface area (TPSA) is 66.0 Å². The molecule has 0 radical (unpaired) electrons. The summed E-state index contributed by atoms with van der Waals surface area (Å²) in [7, 11) is 0. The van der Waals surface area contributed by atoms with Crippen LogP contribution in [0.5, 0.6) is 11.5 Å². The van der Waals surface area contributed by atoms with Gasteiger partial charge in [-0.3, -0.25) is 0 Å². The van der Waals surface area contributed by atoms with Crippen molar-refractivity contribution >= 4 is 43.7 Å². The Balaban J connectivity index is 0.996. The van der Waals surface area contributed by atoms with Crippen LogP contribution >= 0.6 is 0 Å². The first kappa shape index (κ1) is 38.7. The molecule has 4 heterocycles. The molecular formula is C64H38N4O2. The van der Waals surface area contributed by atoms with E-state index in [9.17, 15) is 0 Å². The molecule has 2 aliphatic rings. The summed E-state index contributed by atoms with van der Waals surface area (Å²) in [6, 6.07) is 81.4. The number of ether oxygens (including phenoxy) is 1. The third kappa shape index (κ3) is 5.47. The number of furan rings is 1. The summed E-state index contributed by atoms with van der Waals surface area (Å²) in [4.78, 5) is 15.4. The Morgan fingerprint density at radius 1 is 0.371 bits per heavy atom. The summed E-state index contributed by atoms with van der Waals surface area (Å²) < 4.78 is 16.0. The van der Waals surface area contributed by atoms with E-state index in [2.05, 4.69) is 193 Å². The Labute approximate surface area is 402 Å². The maximum Gasteiger partial charge on any atom is 0.164 e. The van der Waals surface area contributed by atoms with Crippen molar-refractivity contribution in [1.29, 1.82) is 0 Å². The van der Waals surface area contributed by atoms with Crippen LogP contribution in [0.3, 0.4) is 0 Å². The molecule has 1 spiro atoms. The largest absolute Gasteiger partial charge is 0.457 e. The first-order valence-electron chi connectivity index (χ1n) is 23.7. The van der Waals surface area contributed by atoms with Gasteiger partial charge in [-0.15, -0.1) is 0 Å². The SMILES string of the molecule is c1ccc(-c2nc(-c3ccccc3)nc(-c3ccc4c(c3)C3(c5ccccc5Oc5ccccc53)c3cc(-c5cccc6c5c5ccc7c8ccccc8oc7c5n6-c5ccccc5)ccc3-4)n2)cc1. The van der Waals surface area contributed by atoms with Crippen molar-refractivity contribution in [1.82, 2.24) is 19.5 Å². The van der Waals surface area contributed by atoms with E-state index >= 15 is 0 Å². The van der Waals surface area contributed by atoms with Gasteiger partial charge >= 0.3 is 0 Å². The van der Waals surface area contributed by atoms with Crippen LogP contribution in [-0.4, -0.2) is 19.5 Å². The Bertz CT molecular complexity index is 4170. The smallest absolute Gasteiger partial charge is 0.164 e. The fourth-order valence-corrected chi connectivity index (χ4v) is 11.6. The molecule has 3 aromatic heterocycles. The van der Waals surface area contributed by atoms with Crippen LogP contribution < -0.4 is 4.74 Å². The minimum absolute atomic E-state index is 0.607. The summed E-state index contributed by atoms with van der Waals surface area (Å²) in [6.07, 6.45) is 0. The summed E-state index contributed by atoms with van der Waals surface area (Å²) in [5, 5.41) is 4.51. The number of nitrogens with zero attached hydrogens (tertiary/aromatic N) is 4. The quantitative estimate of drug-likeness (QED) is 0.172. The third-order valence-electron chi connectivity index (χ3n) is 14.5. The highest BCUT2D eigenvalue weighted by Gasteiger charge is 2.51. The molecule has 0 amide bonds. The fourth-order valence-electron chi connectivity index (χ4n) is 11.6. The van der Waals surface area contributed by atoms with E-state index in [1.54, 1.807) is 0 Å². The van der Waals surface area contributed by atoms with E-state index < -0.39 is 5.41 Å². The van der Waals surface area contributed by atoms with Gasteiger partial charge in [0.25, 0.3) is 0 Å². The molecule has 0 N–H and O–H groups in total. The van der Waals surface area contributed by atoms with E-state index in [1.165, 1.54) is 16.5 Å². The number of benzene rings is 10. The van der Waals surface area contributed by atoms with Gasteiger partial charge in [0.1, 0.15) is 17.1 Å². The lowest BCUT2D eigenvalue weighted by atomic mass is 9.65. The Kier molecular flexibility index (Phi) is 8.18. The van der Waals surface area contributed by atoms with E-state index in [1.807, 2.05) is 42.5 Å². The van der Waals surface area contributed by atoms with Crippen LogP contribution in [0.15, 0.2) is 235 Å². The Morgan fingerprint density at radius 2 is 0.914 bits per heavy atom. The monoisotopic (exact) mass is 894 g/mol. The van der Waals surface area contributed by atoms with Gasteiger partial charge < -0.3 is 13.7 Å². The second-order valence-electron chi connectivity index (χ2n) is 18.2. The predicted molar refractivity (Wildman–Crippen MR) is 281 cm³/mol. The van der Waals surface area contributed by atoms with Crippen molar-refractivity contribution in [2.75, 3.05) is 0 Å². The Morgan fingerprint density at radius 3 is 1.59 bits per heavy atom. The second kappa shape index (κ2) is 14.8. The van der Waals surface area contributed by atoms with E-state index in [-0.39, 0.29) is 0 Å². The number of fused-ring (bicyclic) bond motifs is 16. The van der Waals surface area contributed by atoms with Gasteiger partial charge in [0, 0.05) is 55.0 Å². The first-order valence-corrected chi connectivity index (χ1v) is 23.7. The van der Waals surface area contributed by atoms with Crippen LogP contribution in [0.4, 0.5) is 0 Å². The maximum absolute atomic E-state index is 6.82. The van der Waals surface area contributed by atoms with Crippen molar-refractivity contribution in [2.45, 2.75) is 5.41 Å². The molecule has 6 nitrogen and oxygen atoms in total. The molecule has 70 heavy (non-hydrogen) atoms. The van der Waals surface area contributed by atoms with Crippen molar-refractivity contribution in [3.8, 4) is 73.6 Å². The average Bonchev–Trinajstić information content (AvgIpc) is 4.08. The maximum atomic E-state index is 6.82. The van der Waals surface area contributed by atoms with Crippen molar-refractivity contribution in [3.05, 3.63) is 253 Å². The molecule has 0 bridgehead atoms. The van der Waals surface area contributed by atoms with Crippen LogP contribution in [-0.2, 0) is 5.41 Å². The highest BCUT2D eigenvalue weighted by Crippen LogP contribution is 2.63. The number of hydrogen-bond acceptors (Lipinski definition) is 5. The van der Waals surface area contributed by atoms with Crippen molar-refractivity contribution in [2.24, 2.45) is 0 Å². The van der Waals surface area contributed by atoms with Crippen LogP contribution in [0.25, 0.3) is 106 Å². The van der Waals surface area contributed by atoms with E-state index in [4.69, 9.17) is 24.1 Å². The van der Waals surface area contributed by atoms with Crippen LogP contribution in [0, 0.1) is 0 Å². The fraction of sp³-hybridized carbons (Fsp3) is 0.0156. The minimum Gasteiger partial charge on any atom is -0.457 e. The molecule has 0 unspecified atom stereocenters. The van der Waals surface area contributed by atoms with E-state index in [0.29, 0.717) is 17.5 Å². The molecule has 0 saturated heterocycles. The van der Waals surface area contributed by atoms with Crippen molar-refractivity contribution < 1.29 is 9.15 Å². The molecule has 326 valence electrons. The average molecular weight is 895 g/mol. The predicted octanol–water partition coefficient (Wildman–Crippen LogP) is 16.0. The summed E-state index contributed by atoms with van der Waals surface area (Å²) in [5.74, 6) is 3.51. The normalized spacial score (nSPS) is 13.1. The number of aromatic nitrogens is 4. The lowest BCUT2D eigenvalue weighted by Crippen LogP contribution is -2.32. The Hall–Kier alpha value is -9.39. The summed E-state index contributed by atoms with van der Waals surface area (Å²) in [6.45, 7) is 0. The van der Waals surface area contributed by atoms with Crippen LogP contribution in [0.1, 0.15) is 22.3 Å². The third-order valence-corrected chi connectivity index (χ3v) is 14.5. The molecule has 0 saturated carbocycles. The molecule has 6 heteroatoms. The lowest BCUT2D eigenvalue weighted by molar-refractivity contribution is 0.436.